The first kappa shape index (κ1) is 17.8. The summed E-state index contributed by atoms with van der Waals surface area (Å²) >= 11 is -1.87. The second kappa shape index (κ2) is 7.47. The monoisotopic (exact) mass is 367 g/mol. The van der Waals surface area contributed by atoms with Crippen molar-refractivity contribution in [2.75, 3.05) is 5.73 Å². The van der Waals surface area contributed by atoms with Crippen LogP contribution in [0.25, 0.3) is 22.3 Å². The Bertz CT molecular complexity index is 970. The van der Waals surface area contributed by atoms with E-state index in [-0.39, 0.29) is 5.75 Å². The predicted octanol–water partition coefficient (Wildman–Crippen LogP) is 2.82. The van der Waals surface area contributed by atoms with Crippen LogP contribution in [0, 0.1) is 0 Å². The maximum atomic E-state index is 11.2. The third-order valence-electron chi connectivity index (χ3n) is 3.98. The first-order valence-electron chi connectivity index (χ1n) is 7.76. The Hall–Kier alpha value is -3.03. The van der Waals surface area contributed by atoms with Gasteiger partial charge >= 0.3 is 0 Å². The summed E-state index contributed by atoms with van der Waals surface area (Å²) in [5.74, 6) is -0.00858. The number of hydrogen-bond acceptors (Lipinski definition) is 4. The summed E-state index contributed by atoms with van der Waals surface area (Å²) in [4.78, 5) is 15.5. The molecule has 1 atom stereocenters. The molecule has 0 aliphatic heterocycles. The fourth-order valence-corrected chi connectivity index (χ4v) is 3.09. The number of carbonyl (C=O) groups excluding carboxylic acids is 1. The number of rotatable bonds is 5. The summed E-state index contributed by atoms with van der Waals surface area (Å²) in [6, 6.07) is 16.1. The van der Waals surface area contributed by atoms with Crippen molar-refractivity contribution in [1.82, 2.24) is 4.98 Å². The quantitative estimate of drug-likeness (QED) is 0.599. The Balaban J connectivity index is 1.94. The van der Waals surface area contributed by atoms with Crippen LogP contribution in [-0.4, -0.2) is 19.7 Å². The van der Waals surface area contributed by atoms with Crippen molar-refractivity contribution >= 4 is 22.8 Å². The highest BCUT2D eigenvalue weighted by Crippen LogP contribution is 2.30. The van der Waals surface area contributed by atoms with Crippen LogP contribution in [0.1, 0.15) is 15.9 Å². The van der Waals surface area contributed by atoms with E-state index in [1.54, 1.807) is 42.6 Å². The summed E-state index contributed by atoms with van der Waals surface area (Å²) in [6.45, 7) is 0. The molecular formula is C19H17N3O3S. The van der Waals surface area contributed by atoms with Crippen molar-refractivity contribution in [3.05, 3.63) is 71.9 Å². The summed E-state index contributed by atoms with van der Waals surface area (Å²) in [5.41, 5.74) is 15.8. The molecular weight excluding hydrogens is 350 g/mol. The number of aromatic nitrogens is 1. The maximum Gasteiger partial charge on any atom is 0.248 e. The summed E-state index contributed by atoms with van der Waals surface area (Å²) in [6.07, 6.45) is 1.68. The van der Waals surface area contributed by atoms with Crippen molar-refractivity contribution in [3.63, 3.8) is 0 Å². The van der Waals surface area contributed by atoms with Gasteiger partial charge in [0, 0.05) is 22.9 Å². The van der Waals surface area contributed by atoms with E-state index in [0.29, 0.717) is 11.4 Å². The molecule has 1 amide bonds. The van der Waals surface area contributed by atoms with E-state index in [2.05, 4.69) is 4.98 Å². The van der Waals surface area contributed by atoms with E-state index >= 15 is 0 Å². The van der Waals surface area contributed by atoms with E-state index in [0.717, 1.165) is 27.8 Å². The van der Waals surface area contributed by atoms with E-state index in [1.807, 2.05) is 18.2 Å². The number of nitrogens with zero attached hydrogens (tertiary/aromatic N) is 1. The Kier molecular flexibility index (Phi) is 5.11. The lowest BCUT2D eigenvalue weighted by molar-refractivity contribution is 0.100. The van der Waals surface area contributed by atoms with Gasteiger partial charge in [0.2, 0.25) is 5.91 Å². The molecule has 0 fully saturated rings. The van der Waals surface area contributed by atoms with E-state index in [1.165, 1.54) is 0 Å². The minimum atomic E-state index is -1.87. The number of amides is 1. The zero-order valence-electron chi connectivity index (χ0n) is 13.8. The third kappa shape index (κ3) is 3.96. The Labute approximate surface area is 153 Å². The number of nitrogen functional groups attached to an aromatic ring is 1. The molecule has 5 N–H and O–H groups in total. The number of primary amides is 1. The van der Waals surface area contributed by atoms with Crippen LogP contribution in [0.2, 0.25) is 0 Å². The topological polar surface area (TPSA) is 119 Å². The molecule has 0 saturated heterocycles. The highest BCUT2D eigenvalue weighted by atomic mass is 32.2. The van der Waals surface area contributed by atoms with Gasteiger partial charge in [0.1, 0.15) is 5.82 Å². The molecule has 0 radical (unpaired) electrons. The molecule has 1 aromatic heterocycles. The second-order valence-electron chi connectivity index (χ2n) is 5.76. The van der Waals surface area contributed by atoms with Gasteiger partial charge in [-0.25, -0.2) is 9.19 Å². The van der Waals surface area contributed by atoms with Gasteiger partial charge in [-0.1, -0.05) is 36.4 Å². The lowest BCUT2D eigenvalue weighted by atomic mass is 9.99. The summed E-state index contributed by atoms with van der Waals surface area (Å²) in [5, 5.41) is 0. The van der Waals surface area contributed by atoms with Gasteiger partial charge in [0.05, 0.1) is 5.75 Å². The summed E-state index contributed by atoms with van der Waals surface area (Å²) < 4.78 is 19.8. The zero-order valence-corrected chi connectivity index (χ0v) is 14.6. The molecule has 0 spiro atoms. The van der Waals surface area contributed by atoms with Crippen molar-refractivity contribution in [1.29, 1.82) is 0 Å². The van der Waals surface area contributed by atoms with Gasteiger partial charge in [0.25, 0.3) is 0 Å². The predicted molar refractivity (Wildman–Crippen MR) is 103 cm³/mol. The van der Waals surface area contributed by atoms with Crippen LogP contribution < -0.4 is 11.5 Å². The van der Waals surface area contributed by atoms with Gasteiger partial charge < -0.3 is 16.0 Å². The smallest absolute Gasteiger partial charge is 0.248 e. The number of benzene rings is 2. The lowest BCUT2D eigenvalue weighted by Gasteiger charge is -2.09. The SMILES string of the molecule is NC(=O)c1ccc(-c2cc(-c3ccc(CS(=O)O)cc3)cnc2N)cc1. The van der Waals surface area contributed by atoms with Gasteiger partial charge in [-0.3, -0.25) is 4.79 Å². The first-order chi connectivity index (χ1) is 12.4. The minimum Gasteiger partial charge on any atom is -0.383 e. The Morgan fingerprint density at radius 1 is 1.00 bits per heavy atom. The number of carbonyl (C=O) groups is 1. The molecule has 0 aliphatic carbocycles. The standard InChI is InChI=1S/C19H17N3O3S/c20-18-17(14-5-7-15(8-6-14)19(21)23)9-16(10-22-18)13-3-1-12(2-4-13)11-26(24)25/h1-10H,11H2,(H2,20,22)(H2,21,23)(H,24,25). The van der Waals surface area contributed by atoms with Crippen LogP contribution in [0.3, 0.4) is 0 Å². The van der Waals surface area contributed by atoms with Crippen LogP contribution in [0.15, 0.2) is 60.8 Å². The molecule has 1 heterocycles. The molecule has 3 rings (SSSR count). The Morgan fingerprint density at radius 2 is 1.62 bits per heavy atom. The molecule has 1 unspecified atom stereocenters. The number of pyridine rings is 1. The molecule has 2 aromatic carbocycles. The Morgan fingerprint density at radius 3 is 2.19 bits per heavy atom. The molecule has 7 heteroatoms. The van der Waals surface area contributed by atoms with Gasteiger partial charge in [0.15, 0.2) is 11.1 Å². The van der Waals surface area contributed by atoms with Crippen LogP contribution in [-0.2, 0) is 16.8 Å². The largest absolute Gasteiger partial charge is 0.383 e. The molecule has 0 saturated carbocycles. The van der Waals surface area contributed by atoms with E-state index in [9.17, 15) is 9.00 Å². The van der Waals surface area contributed by atoms with Crippen molar-refractivity contribution in [2.45, 2.75) is 5.75 Å². The molecule has 26 heavy (non-hydrogen) atoms. The van der Waals surface area contributed by atoms with Gasteiger partial charge in [-0.05, 0) is 34.9 Å². The van der Waals surface area contributed by atoms with Crippen LogP contribution >= 0.6 is 0 Å². The van der Waals surface area contributed by atoms with Gasteiger partial charge in [-0.15, -0.1) is 0 Å². The van der Waals surface area contributed by atoms with Crippen LogP contribution in [0.4, 0.5) is 5.82 Å². The number of hydrogen-bond donors (Lipinski definition) is 3. The molecule has 0 bridgehead atoms. The highest BCUT2D eigenvalue weighted by Gasteiger charge is 2.09. The van der Waals surface area contributed by atoms with E-state index < -0.39 is 17.0 Å². The third-order valence-corrected chi connectivity index (χ3v) is 4.56. The van der Waals surface area contributed by atoms with Crippen molar-refractivity contribution in [3.8, 4) is 22.3 Å². The molecule has 132 valence electrons. The average molecular weight is 367 g/mol. The normalized spacial score (nSPS) is 11.9. The van der Waals surface area contributed by atoms with Crippen LogP contribution in [0.5, 0.6) is 0 Å². The summed E-state index contributed by atoms with van der Waals surface area (Å²) in [7, 11) is 0. The maximum absolute atomic E-state index is 11.2. The first-order valence-corrected chi connectivity index (χ1v) is 9.04. The fraction of sp³-hybridized carbons (Fsp3) is 0.0526. The van der Waals surface area contributed by atoms with Crippen molar-refractivity contribution in [2.24, 2.45) is 5.73 Å². The van der Waals surface area contributed by atoms with E-state index in [4.69, 9.17) is 16.0 Å². The molecule has 6 nitrogen and oxygen atoms in total. The average Bonchev–Trinajstić information content (AvgIpc) is 2.62. The fourth-order valence-electron chi connectivity index (χ4n) is 2.61. The zero-order chi connectivity index (χ0) is 18.7. The second-order valence-corrected chi connectivity index (χ2v) is 6.69. The lowest BCUT2D eigenvalue weighted by Crippen LogP contribution is -2.10. The van der Waals surface area contributed by atoms with Gasteiger partial charge in [-0.2, -0.15) is 0 Å². The minimum absolute atomic E-state index is 0.0950. The number of anilines is 1. The van der Waals surface area contributed by atoms with Crippen molar-refractivity contribution < 1.29 is 13.6 Å². The highest BCUT2D eigenvalue weighted by molar-refractivity contribution is 7.78. The molecule has 0 aliphatic rings. The number of nitrogens with two attached hydrogens (primary N) is 2. The molecule has 3 aromatic rings.